The second-order valence-electron chi connectivity index (χ2n) is 5.81. The second-order valence-corrected chi connectivity index (χ2v) is 6.67. The Morgan fingerprint density at radius 3 is 2.75 bits per heavy atom. The highest BCUT2D eigenvalue weighted by molar-refractivity contribution is 7.09. The number of benzene rings is 1. The molecule has 1 aliphatic rings. The predicted molar refractivity (Wildman–Crippen MR) is 80.5 cm³/mol. The molecule has 0 amide bonds. The molecule has 2 aromatic rings. The van der Waals surface area contributed by atoms with E-state index >= 15 is 0 Å². The Balaban J connectivity index is 1.91. The summed E-state index contributed by atoms with van der Waals surface area (Å²) < 4.78 is 13.9. The first-order valence-corrected chi connectivity index (χ1v) is 7.88. The fourth-order valence-electron chi connectivity index (χ4n) is 2.50. The maximum atomic E-state index is 13.9. The molecule has 1 aromatic carbocycles. The van der Waals surface area contributed by atoms with Crippen LogP contribution in [0.3, 0.4) is 0 Å². The van der Waals surface area contributed by atoms with Gasteiger partial charge in [-0.05, 0) is 44.7 Å². The van der Waals surface area contributed by atoms with Crippen LogP contribution >= 0.6 is 11.3 Å². The van der Waals surface area contributed by atoms with Gasteiger partial charge in [0.15, 0.2) is 0 Å². The van der Waals surface area contributed by atoms with Gasteiger partial charge in [-0.25, -0.2) is 9.37 Å². The van der Waals surface area contributed by atoms with Gasteiger partial charge in [0.2, 0.25) is 0 Å². The Kier molecular flexibility index (Phi) is 3.61. The smallest absolute Gasteiger partial charge is 0.126 e. The molecule has 3 rings (SSSR count). The standard InChI is InChI=1S/C16H19FN2S/c1-11-10-20-15(18-11)16(2,19-13-7-8-13)9-12-5-3-4-6-14(12)17/h3-6,10,13,19H,7-9H2,1-2H3. The lowest BCUT2D eigenvalue weighted by Gasteiger charge is -2.29. The summed E-state index contributed by atoms with van der Waals surface area (Å²) >= 11 is 1.66. The maximum Gasteiger partial charge on any atom is 0.126 e. The van der Waals surface area contributed by atoms with Gasteiger partial charge in [-0.1, -0.05) is 18.2 Å². The monoisotopic (exact) mass is 290 g/mol. The lowest BCUT2D eigenvalue weighted by atomic mass is 9.92. The van der Waals surface area contributed by atoms with E-state index in [1.165, 1.54) is 18.9 Å². The minimum atomic E-state index is -0.289. The molecule has 0 radical (unpaired) electrons. The van der Waals surface area contributed by atoms with Gasteiger partial charge in [0.25, 0.3) is 0 Å². The summed E-state index contributed by atoms with van der Waals surface area (Å²) in [6, 6.07) is 7.57. The van der Waals surface area contributed by atoms with E-state index in [1.54, 1.807) is 17.4 Å². The van der Waals surface area contributed by atoms with E-state index in [-0.39, 0.29) is 11.4 Å². The van der Waals surface area contributed by atoms with Crippen molar-refractivity contribution in [3.63, 3.8) is 0 Å². The topological polar surface area (TPSA) is 24.9 Å². The molecule has 0 spiro atoms. The molecule has 1 N–H and O–H groups in total. The van der Waals surface area contributed by atoms with Gasteiger partial charge in [-0.2, -0.15) is 0 Å². The Bertz CT molecular complexity index is 606. The van der Waals surface area contributed by atoms with E-state index in [0.717, 1.165) is 16.3 Å². The summed E-state index contributed by atoms with van der Waals surface area (Å²) in [7, 11) is 0. The van der Waals surface area contributed by atoms with Gasteiger partial charge in [0.1, 0.15) is 10.8 Å². The number of halogens is 1. The molecule has 1 unspecified atom stereocenters. The number of nitrogens with zero attached hydrogens (tertiary/aromatic N) is 1. The number of hydrogen-bond acceptors (Lipinski definition) is 3. The second kappa shape index (κ2) is 5.26. The number of thiazole rings is 1. The van der Waals surface area contributed by atoms with Gasteiger partial charge < -0.3 is 5.32 Å². The zero-order valence-corrected chi connectivity index (χ0v) is 12.6. The minimum Gasteiger partial charge on any atom is -0.303 e. The molecule has 1 fully saturated rings. The van der Waals surface area contributed by atoms with Crippen molar-refractivity contribution < 1.29 is 4.39 Å². The van der Waals surface area contributed by atoms with E-state index in [0.29, 0.717) is 12.5 Å². The van der Waals surface area contributed by atoms with Gasteiger partial charge >= 0.3 is 0 Å². The largest absolute Gasteiger partial charge is 0.303 e. The van der Waals surface area contributed by atoms with E-state index < -0.39 is 0 Å². The summed E-state index contributed by atoms with van der Waals surface area (Å²) in [4.78, 5) is 4.62. The molecule has 1 aromatic heterocycles. The highest BCUT2D eigenvalue weighted by atomic mass is 32.1. The zero-order valence-electron chi connectivity index (χ0n) is 11.8. The van der Waals surface area contributed by atoms with Gasteiger partial charge in [0, 0.05) is 17.1 Å². The fraction of sp³-hybridized carbons (Fsp3) is 0.438. The lowest BCUT2D eigenvalue weighted by molar-refractivity contribution is 0.352. The van der Waals surface area contributed by atoms with Crippen molar-refractivity contribution in [2.45, 2.75) is 44.7 Å². The zero-order chi connectivity index (χ0) is 14.2. The molecule has 106 valence electrons. The van der Waals surface area contributed by atoms with Crippen LogP contribution in [0.4, 0.5) is 4.39 Å². The number of rotatable bonds is 5. The summed E-state index contributed by atoms with van der Waals surface area (Å²) in [6.45, 7) is 4.14. The molecule has 0 saturated heterocycles. The first-order valence-electron chi connectivity index (χ1n) is 7.00. The normalized spacial score (nSPS) is 17.9. The van der Waals surface area contributed by atoms with Crippen LogP contribution in [-0.4, -0.2) is 11.0 Å². The van der Waals surface area contributed by atoms with Crippen LogP contribution in [0.15, 0.2) is 29.6 Å². The van der Waals surface area contributed by atoms with Crippen molar-refractivity contribution in [1.29, 1.82) is 0 Å². The Hall–Kier alpha value is -1.26. The Morgan fingerprint density at radius 1 is 1.40 bits per heavy atom. The van der Waals surface area contributed by atoms with Crippen LogP contribution in [-0.2, 0) is 12.0 Å². The molecule has 1 aliphatic carbocycles. The average Bonchev–Trinajstić information content (AvgIpc) is 3.10. The van der Waals surface area contributed by atoms with Crippen LogP contribution in [0.25, 0.3) is 0 Å². The van der Waals surface area contributed by atoms with E-state index in [9.17, 15) is 4.39 Å². The molecule has 1 atom stereocenters. The number of aromatic nitrogens is 1. The first kappa shape index (κ1) is 13.7. The maximum absolute atomic E-state index is 13.9. The van der Waals surface area contributed by atoms with Crippen LogP contribution in [0.5, 0.6) is 0 Å². The third kappa shape index (κ3) is 2.91. The first-order chi connectivity index (χ1) is 9.57. The van der Waals surface area contributed by atoms with Crippen molar-refractivity contribution in [2.75, 3.05) is 0 Å². The number of hydrogen-bond donors (Lipinski definition) is 1. The van der Waals surface area contributed by atoms with Crippen molar-refractivity contribution >= 4 is 11.3 Å². The molecular weight excluding hydrogens is 271 g/mol. The average molecular weight is 290 g/mol. The van der Waals surface area contributed by atoms with Gasteiger partial charge in [-0.15, -0.1) is 11.3 Å². The number of nitrogens with one attached hydrogen (secondary N) is 1. The van der Waals surface area contributed by atoms with Gasteiger partial charge in [-0.3, -0.25) is 0 Å². The molecule has 1 heterocycles. The lowest BCUT2D eigenvalue weighted by Crippen LogP contribution is -2.43. The Morgan fingerprint density at radius 2 is 2.15 bits per heavy atom. The van der Waals surface area contributed by atoms with E-state index in [1.807, 2.05) is 19.1 Å². The molecule has 2 nitrogen and oxygen atoms in total. The van der Waals surface area contributed by atoms with Crippen molar-refractivity contribution in [3.05, 3.63) is 51.7 Å². The van der Waals surface area contributed by atoms with Crippen molar-refractivity contribution in [1.82, 2.24) is 10.3 Å². The molecule has 0 aliphatic heterocycles. The Labute approximate surface area is 123 Å². The molecular formula is C16H19FN2S. The predicted octanol–water partition coefficient (Wildman–Crippen LogP) is 3.80. The molecule has 20 heavy (non-hydrogen) atoms. The minimum absolute atomic E-state index is 0.135. The van der Waals surface area contributed by atoms with E-state index in [2.05, 4.69) is 22.6 Å². The van der Waals surface area contributed by atoms with Crippen molar-refractivity contribution in [3.8, 4) is 0 Å². The number of aryl methyl sites for hydroxylation is 1. The van der Waals surface area contributed by atoms with Gasteiger partial charge in [0.05, 0.1) is 5.54 Å². The SMILES string of the molecule is Cc1csc(C(C)(Cc2ccccc2F)NC2CC2)n1. The summed E-state index contributed by atoms with van der Waals surface area (Å²) in [5.74, 6) is -0.135. The van der Waals surface area contributed by atoms with Crippen molar-refractivity contribution in [2.24, 2.45) is 0 Å². The third-order valence-corrected chi connectivity index (χ3v) is 4.92. The highest BCUT2D eigenvalue weighted by Crippen LogP contribution is 2.33. The summed E-state index contributed by atoms with van der Waals surface area (Å²) in [6.07, 6.45) is 3.04. The quantitative estimate of drug-likeness (QED) is 0.906. The highest BCUT2D eigenvalue weighted by Gasteiger charge is 2.36. The van der Waals surface area contributed by atoms with Crippen LogP contribution in [0.1, 0.15) is 36.0 Å². The molecule has 1 saturated carbocycles. The fourth-order valence-corrected chi connectivity index (χ4v) is 3.42. The van der Waals surface area contributed by atoms with Crippen LogP contribution in [0.2, 0.25) is 0 Å². The van der Waals surface area contributed by atoms with Crippen LogP contribution < -0.4 is 5.32 Å². The molecule has 0 bridgehead atoms. The molecule has 4 heteroatoms. The summed E-state index contributed by atoms with van der Waals surface area (Å²) in [5.41, 5.74) is 1.49. The third-order valence-electron chi connectivity index (χ3n) is 3.69. The summed E-state index contributed by atoms with van der Waals surface area (Å²) in [5, 5.41) is 6.76. The van der Waals surface area contributed by atoms with Crippen LogP contribution in [0, 0.1) is 12.7 Å². The van der Waals surface area contributed by atoms with E-state index in [4.69, 9.17) is 0 Å².